The van der Waals surface area contributed by atoms with E-state index in [0.717, 1.165) is 38.3 Å². The lowest BCUT2D eigenvalue weighted by atomic mass is 10.0. The van der Waals surface area contributed by atoms with Gasteiger partial charge >= 0.3 is 0 Å². The molecule has 0 spiro atoms. The summed E-state index contributed by atoms with van der Waals surface area (Å²) in [5.74, 6) is 0.0813. The maximum absolute atomic E-state index is 12.6. The summed E-state index contributed by atoms with van der Waals surface area (Å²) in [7, 11) is 0. The van der Waals surface area contributed by atoms with E-state index >= 15 is 0 Å². The van der Waals surface area contributed by atoms with Gasteiger partial charge in [-0.1, -0.05) is 0 Å². The van der Waals surface area contributed by atoms with Crippen LogP contribution in [0.4, 0.5) is 5.69 Å². The molecule has 108 valence electrons. The van der Waals surface area contributed by atoms with Crippen LogP contribution < -0.4 is 5.32 Å². The van der Waals surface area contributed by atoms with Crippen molar-refractivity contribution in [1.29, 1.82) is 0 Å². The van der Waals surface area contributed by atoms with Gasteiger partial charge in [-0.05, 0) is 71.1 Å². The first kappa shape index (κ1) is 14.5. The summed E-state index contributed by atoms with van der Waals surface area (Å²) in [6, 6.07) is 7.44. The molecule has 5 heteroatoms. The maximum Gasteiger partial charge on any atom is 0.224 e. The van der Waals surface area contributed by atoms with Crippen LogP contribution in [0.3, 0.4) is 0 Å². The van der Waals surface area contributed by atoms with Gasteiger partial charge in [0.15, 0.2) is 0 Å². The first-order valence-electron chi connectivity index (χ1n) is 6.78. The Bertz CT molecular complexity index is 716. The minimum atomic E-state index is 0.0344. The minimum Gasteiger partial charge on any atom is -0.326 e. The van der Waals surface area contributed by atoms with Crippen LogP contribution in [0.2, 0.25) is 0 Å². The first-order valence-corrected chi connectivity index (χ1v) is 8.39. The predicted molar refractivity (Wildman–Crippen MR) is 88.2 cm³/mol. The topological polar surface area (TPSA) is 46.2 Å². The third-order valence-electron chi connectivity index (χ3n) is 3.57. The van der Waals surface area contributed by atoms with E-state index in [1.807, 2.05) is 25.1 Å². The Morgan fingerprint density at radius 3 is 2.81 bits per heavy atom. The van der Waals surface area contributed by atoms with Crippen molar-refractivity contribution in [2.75, 3.05) is 5.32 Å². The molecule has 0 bridgehead atoms. The molecule has 1 amide bonds. The van der Waals surface area contributed by atoms with E-state index in [9.17, 15) is 9.59 Å². The standard InChI is InChI=1S/C16H14BrNO2S/c1-9-7-13(21-16(9)17)15(20)11-5-6-12-10(8-11)3-2-4-14(19)18-12/h5-8H,2-4H2,1H3,(H,18,19). The molecule has 1 aromatic carbocycles. The molecular weight excluding hydrogens is 350 g/mol. The number of carbonyl (C=O) groups is 2. The second kappa shape index (κ2) is 5.73. The van der Waals surface area contributed by atoms with E-state index in [1.165, 1.54) is 11.3 Å². The monoisotopic (exact) mass is 363 g/mol. The Morgan fingerprint density at radius 2 is 2.10 bits per heavy atom. The van der Waals surface area contributed by atoms with E-state index in [1.54, 1.807) is 6.07 Å². The zero-order valence-electron chi connectivity index (χ0n) is 11.5. The molecule has 0 saturated carbocycles. The normalized spacial score (nSPS) is 14.3. The fourth-order valence-electron chi connectivity index (χ4n) is 2.43. The molecule has 0 radical (unpaired) electrons. The summed E-state index contributed by atoms with van der Waals surface area (Å²) in [5, 5.41) is 2.89. The highest BCUT2D eigenvalue weighted by Crippen LogP contribution is 2.30. The third kappa shape index (κ3) is 2.94. The minimum absolute atomic E-state index is 0.0344. The molecule has 2 heterocycles. The number of halogens is 1. The van der Waals surface area contributed by atoms with Crippen molar-refractivity contribution in [3.05, 3.63) is 49.6 Å². The Morgan fingerprint density at radius 1 is 1.29 bits per heavy atom. The average molecular weight is 364 g/mol. The van der Waals surface area contributed by atoms with Crippen molar-refractivity contribution >= 4 is 44.6 Å². The molecule has 3 nitrogen and oxygen atoms in total. The number of fused-ring (bicyclic) bond motifs is 1. The lowest BCUT2D eigenvalue weighted by molar-refractivity contribution is -0.116. The smallest absolute Gasteiger partial charge is 0.224 e. The molecule has 0 aliphatic carbocycles. The number of anilines is 1. The molecule has 0 atom stereocenters. The van der Waals surface area contributed by atoms with Gasteiger partial charge in [-0.3, -0.25) is 9.59 Å². The van der Waals surface area contributed by atoms with Crippen LogP contribution in [0.15, 0.2) is 28.1 Å². The molecule has 0 fully saturated rings. The molecular formula is C16H14BrNO2S. The molecule has 1 aliphatic rings. The van der Waals surface area contributed by atoms with Gasteiger partial charge in [-0.2, -0.15) is 0 Å². The third-order valence-corrected chi connectivity index (χ3v) is 5.71. The van der Waals surface area contributed by atoms with Crippen molar-refractivity contribution in [1.82, 2.24) is 0 Å². The summed E-state index contributed by atoms with van der Waals surface area (Å²) in [6.07, 6.45) is 2.18. The Balaban J connectivity index is 1.94. The van der Waals surface area contributed by atoms with Gasteiger partial charge in [0.1, 0.15) is 0 Å². The molecule has 1 aromatic heterocycles. The van der Waals surface area contributed by atoms with Gasteiger partial charge < -0.3 is 5.32 Å². The number of nitrogens with one attached hydrogen (secondary N) is 1. The van der Waals surface area contributed by atoms with Crippen LogP contribution in [-0.2, 0) is 11.2 Å². The van der Waals surface area contributed by atoms with Gasteiger partial charge in [-0.25, -0.2) is 0 Å². The zero-order valence-corrected chi connectivity index (χ0v) is 13.9. The number of ketones is 1. The summed E-state index contributed by atoms with van der Waals surface area (Å²) in [5.41, 5.74) is 3.63. The summed E-state index contributed by atoms with van der Waals surface area (Å²) in [6.45, 7) is 1.98. The van der Waals surface area contributed by atoms with E-state index in [4.69, 9.17) is 0 Å². The molecule has 1 N–H and O–H groups in total. The molecule has 0 unspecified atom stereocenters. The number of benzene rings is 1. The van der Waals surface area contributed by atoms with Crippen molar-refractivity contribution in [3.63, 3.8) is 0 Å². The molecule has 3 rings (SSSR count). The van der Waals surface area contributed by atoms with Crippen molar-refractivity contribution in [3.8, 4) is 0 Å². The highest BCUT2D eigenvalue weighted by molar-refractivity contribution is 9.11. The van der Waals surface area contributed by atoms with E-state index in [2.05, 4.69) is 21.2 Å². The van der Waals surface area contributed by atoms with E-state index in [-0.39, 0.29) is 11.7 Å². The van der Waals surface area contributed by atoms with Crippen LogP contribution in [0.1, 0.15) is 39.2 Å². The first-order chi connectivity index (χ1) is 10.0. The fourth-order valence-corrected chi connectivity index (χ4v) is 3.93. The van der Waals surface area contributed by atoms with Crippen molar-refractivity contribution in [2.45, 2.75) is 26.2 Å². The number of thiophene rings is 1. The second-order valence-corrected chi connectivity index (χ2v) is 7.54. The van der Waals surface area contributed by atoms with Gasteiger partial charge in [0.25, 0.3) is 0 Å². The molecule has 2 aromatic rings. The Labute approximate surface area is 135 Å². The Hall–Kier alpha value is -1.46. The summed E-state index contributed by atoms with van der Waals surface area (Å²) in [4.78, 5) is 24.8. The molecule has 1 aliphatic heterocycles. The van der Waals surface area contributed by atoms with Crippen LogP contribution in [0.25, 0.3) is 0 Å². The Kier molecular flexibility index (Phi) is 3.95. The number of amides is 1. The number of hydrogen-bond donors (Lipinski definition) is 1. The van der Waals surface area contributed by atoms with Gasteiger partial charge in [0, 0.05) is 17.7 Å². The van der Waals surface area contributed by atoms with Crippen LogP contribution in [0.5, 0.6) is 0 Å². The lowest BCUT2D eigenvalue weighted by Crippen LogP contribution is -2.09. The van der Waals surface area contributed by atoms with E-state index in [0.29, 0.717) is 12.0 Å². The van der Waals surface area contributed by atoms with Crippen molar-refractivity contribution in [2.24, 2.45) is 0 Å². The highest BCUT2D eigenvalue weighted by Gasteiger charge is 2.17. The number of hydrogen-bond acceptors (Lipinski definition) is 3. The highest BCUT2D eigenvalue weighted by atomic mass is 79.9. The largest absolute Gasteiger partial charge is 0.326 e. The van der Waals surface area contributed by atoms with Gasteiger partial charge in [0.05, 0.1) is 8.66 Å². The van der Waals surface area contributed by atoms with Crippen molar-refractivity contribution < 1.29 is 9.59 Å². The van der Waals surface area contributed by atoms with Gasteiger partial charge in [0.2, 0.25) is 11.7 Å². The van der Waals surface area contributed by atoms with Gasteiger partial charge in [-0.15, -0.1) is 11.3 Å². The van der Waals surface area contributed by atoms with E-state index < -0.39 is 0 Å². The second-order valence-electron chi connectivity index (χ2n) is 5.17. The number of rotatable bonds is 2. The summed E-state index contributed by atoms with van der Waals surface area (Å²) >= 11 is 4.91. The molecule has 0 saturated heterocycles. The van der Waals surface area contributed by atoms with Crippen LogP contribution >= 0.6 is 27.3 Å². The lowest BCUT2D eigenvalue weighted by Gasteiger charge is -2.08. The maximum atomic E-state index is 12.6. The SMILES string of the molecule is Cc1cc(C(=O)c2ccc3c(c2)CCCC(=O)N3)sc1Br. The zero-order chi connectivity index (χ0) is 15.0. The molecule has 21 heavy (non-hydrogen) atoms. The quantitative estimate of drug-likeness (QED) is 0.807. The summed E-state index contributed by atoms with van der Waals surface area (Å²) < 4.78 is 0.993. The average Bonchev–Trinajstić information content (AvgIpc) is 2.68. The van der Waals surface area contributed by atoms with Crippen LogP contribution in [-0.4, -0.2) is 11.7 Å². The fraction of sp³-hybridized carbons (Fsp3) is 0.250. The predicted octanol–water partition coefficient (Wildman–Crippen LogP) is 4.32. The number of aryl methyl sites for hydroxylation is 2. The van der Waals surface area contributed by atoms with Crippen LogP contribution in [0, 0.1) is 6.92 Å². The number of carbonyl (C=O) groups excluding carboxylic acids is 2.